The number of aromatic nitrogens is 1. The van der Waals surface area contributed by atoms with Gasteiger partial charge in [-0.3, -0.25) is 4.79 Å². The van der Waals surface area contributed by atoms with E-state index in [2.05, 4.69) is 15.9 Å². The van der Waals surface area contributed by atoms with E-state index < -0.39 is 5.82 Å². The van der Waals surface area contributed by atoms with Crippen molar-refractivity contribution in [3.8, 4) is 6.07 Å². The van der Waals surface area contributed by atoms with Crippen molar-refractivity contribution < 1.29 is 4.39 Å². The molecule has 19 heavy (non-hydrogen) atoms. The van der Waals surface area contributed by atoms with Crippen LogP contribution in [0.2, 0.25) is 0 Å². The lowest BCUT2D eigenvalue weighted by atomic mass is 10.1. The van der Waals surface area contributed by atoms with Crippen molar-refractivity contribution in [3.63, 3.8) is 0 Å². The molecule has 0 amide bonds. The minimum Gasteiger partial charge on any atom is -0.310 e. The Labute approximate surface area is 118 Å². The van der Waals surface area contributed by atoms with Gasteiger partial charge in [-0.1, -0.05) is 12.1 Å². The highest BCUT2D eigenvalue weighted by Crippen LogP contribution is 2.14. The summed E-state index contributed by atoms with van der Waals surface area (Å²) in [5, 5.41) is 8.79. The Kier molecular flexibility index (Phi) is 3.82. The van der Waals surface area contributed by atoms with Gasteiger partial charge in [0.15, 0.2) is 0 Å². The van der Waals surface area contributed by atoms with Gasteiger partial charge in [0.05, 0.1) is 12.1 Å². The van der Waals surface area contributed by atoms with Gasteiger partial charge in [-0.25, -0.2) is 4.39 Å². The van der Waals surface area contributed by atoms with Crippen LogP contribution >= 0.6 is 15.9 Å². The third-order valence-electron chi connectivity index (χ3n) is 2.77. The van der Waals surface area contributed by atoms with Gasteiger partial charge in [0.2, 0.25) is 0 Å². The molecule has 1 heterocycles. The van der Waals surface area contributed by atoms with E-state index in [1.807, 2.05) is 0 Å². The predicted molar refractivity (Wildman–Crippen MR) is 73.4 cm³/mol. The maximum atomic E-state index is 13.9. The zero-order valence-corrected chi connectivity index (χ0v) is 11.7. The number of halogens is 2. The molecule has 0 aliphatic rings. The molecule has 0 atom stereocenters. The van der Waals surface area contributed by atoms with Crippen LogP contribution in [0.4, 0.5) is 4.39 Å². The minimum absolute atomic E-state index is 0.0164. The standard InChI is InChI=1S/C14H10BrFN2O/c1-9-5-12(15)8-18(14(9)19)7-11-4-2-3-10(6-17)13(11)16/h2-5,8H,7H2,1H3. The fourth-order valence-corrected chi connectivity index (χ4v) is 2.42. The SMILES string of the molecule is Cc1cc(Br)cn(Cc2cccc(C#N)c2F)c1=O. The van der Waals surface area contributed by atoms with E-state index in [1.165, 1.54) is 10.6 Å². The van der Waals surface area contributed by atoms with Gasteiger partial charge < -0.3 is 4.57 Å². The Morgan fingerprint density at radius 2 is 2.21 bits per heavy atom. The highest BCUT2D eigenvalue weighted by atomic mass is 79.9. The summed E-state index contributed by atoms with van der Waals surface area (Å²) in [5.41, 5.74) is 0.701. The van der Waals surface area contributed by atoms with Gasteiger partial charge in [-0.05, 0) is 35.0 Å². The minimum atomic E-state index is -0.575. The van der Waals surface area contributed by atoms with Crippen molar-refractivity contribution in [1.82, 2.24) is 4.57 Å². The maximum absolute atomic E-state index is 13.9. The van der Waals surface area contributed by atoms with E-state index in [4.69, 9.17) is 5.26 Å². The lowest BCUT2D eigenvalue weighted by Crippen LogP contribution is -2.22. The number of benzene rings is 1. The predicted octanol–water partition coefficient (Wildman–Crippen LogP) is 2.98. The average Bonchev–Trinajstić information content (AvgIpc) is 2.37. The summed E-state index contributed by atoms with van der Waals surface area (Å²) in [6, 6.07) is 8.08. The number of nitriles is 1. The smallest absolute Gasteiger partial charge is 0.253 e. The number of hydrogen-bond donors (Lipinski definition) is 0. The molecule has 0 bridgehead atoms. The summed E-state index contributed by atoms with van der Waals surface area (Å²) >= 11 is 3.30. The number of nitrogens with zero attached hydrogens (tertiary/aromatic N) is 2. The number of rotatable bonds is 2. The molecule has 3 nitrogen and oxygen atoms in total. The van der Waals surface area contributed by atoms with Crippen molar-refractivity contribution in [3.05, 3.63) is 67.8 Å². The van der Waals surface area contributed by atoms with E-state index in [-0.39, 0.29) is 17.7 Å². The average molecular weight is 321 g/mol. The Morgan fingerprint density at radius 1 is 1.47 bits per heavy atom. The lowest BCUT2D eigenvalue weighted by molar-refractivity contribution is 0.592. The third kappa shape index (κ3) is 2.74. The highest BCUT2D eigenvalue weighted by Gasteiger charge is 2.09. The monoisotopic (exact) mass is 320 g/mol. The molecule has 0 unspecified atom stereocenters. The number of pyridine rings is 1. The van der Waals surface area contributed by atoms with Crippen LogP contribution in [0.5, 0.6) is 0 Å². The molecule has 0 fully saturated rings. The summed E-state index contributed by atoms with van der Waals surface area (Å²) in [5.74, 6) is -0.575. The molecule has 2 aromatic rings. The Morgan fingerprint density at radius 3 is 2.89 bits per heavy atom. The van der Waals surface area contributed by atoms with Crippen LogP contribution in [0, 0.1) is 24.1 Å². The van der Waals surface area contributed by atoms with Crippen molar-refractivity contribution in [2.45, 2.75) is 13.5 Å². The van der Waals surface area contributed by atoms with Gasteiger partial charge in [0.1, 0.15) is 11.9 Å². The number of hydrogen-bond acceptors (Lipinski definition) is 2. The summed E-state index contributed by atoms with van der Waals surface area (Å²) < 4.78 is 16.1. The van der Waals surface area contributed by atoms with Crippen molar-refractivity contribution in [2.24, 2.45) is 0 Å². The first-order valence-corrected chi connectivity index (χ1v) is 6.36. The lowest BCUT2D eigenvalue weighted by Gasteiger charge is -2.09. The second kappa shape index (κ2) is 5.37. The van der Waals surface area contributed by atoms with Crippen LogP contribution in [0.15, 0.2) is 39.7 Å². The van der Waals surface area contributed by atoms with Gasteiger partial charge in [-0.15, -0.1) is 0 Å². The summed E-state index contributed by atoms with van der Waals surface area (Å²) in [6.07, 6.45) is 1.60. The summed E-state index contributed by atoms with van der Waals surface area (Å²) in [4.78, 5) is 11.9. The normalized spacial score (nSPS) is 10.2. The first-order chi connectivity index (χ1) is 9.02. The molecule has 0 radical (unpaired) electrons. The molecule has 0 aliphatic carbocycles. The van der Waals surface area contributed by atoms with Crippen LogP contribution in [0.3, 0.4) is 0 Å². The van der Waals surface area contributed by atoms with Crippen LogP contribution in [-0.2, 0) is 6.54 Å². The van der Waals surface area contributed by atoms with E-state index in [9.17, 15) is 9.18 Å². The Balaban J connectivity index is 2.49. The van der Waals surface area contributed by atoms with Crippen LogP contribution < -0.4 is 5.56 Å². The molecule has 0 aliphatic heterocycles. The topological polar surface area (TPSA) is 45.8 Å². The molecular weight excluding hydrogens is 311 g/mol. The van der Waals surface area contributed by atoms with Crippen molar-refractivity contribution >= 4 is 15.9 Å². The maximum Gasteiger partial charge on any atom is 0.253 e. The molecule has 2 rings (SSSR count). The molecule has 96 valence electrons. The second-order valence-corrected chi connectivity index (χ2v) is 5.08. The molecule has 1 aromatic heterocycles. The third-order valence-corrected chi connectivity index (χ3v) is 3.21. The first-order valence-electron chi connectivity index (χ1n) is 5.57. The summed E-state index contributed by atoms with van der Waals surface area (Å²) in [7, 11) is 0. The van der Waals surface area contributed by atoms with E-state index in [1.54, 1.807) is 37.4 Å². The fourth-order valence-electron chi connectivity index (χ4n) is 1.83. The molecular formula is C14H10BrFN2O. The van der Waals surface area contributed by atoms with Gasteiger partial charge in [-0.2, -0.15) is 5.26 Å². The van der Waals surface area contributed by atoms with Gasteiger partial charge >= 0.3 is 0 Å². The van der Waals surface area contributed by atoms with Crippen LogP contribution in [0.1, 0.15) is 16.7 Å². The van der Waals surface area contributed by atoms with E-state index in [0.29, 0.717) is 11.1 Å². The highest BCUT2D eigenvalue weighted by molar-refractivity contribution is 9.10. The quantitative estimate of drug-likeness (QED) is 0.854. The molecule has 0 saturated heterocycles. The van der Waals surface area contributed by atoms with Gasteiger partial charge in [0.25, 0.3) is 5.56 Å². The Hall–Kier alpha value is -1.93. The van der Waals surface area contributed by atoms with Crippen molar-refractivity contribution in [2.75, 3.05) is 0 Å². The summed E-state index contributed by atoms with van der Waals surface area (Å²) in [6.45, 7) is 1.80. The molecule has 5 heteroatoms. The fraction of sp³-hybridized carbons (Fsp3) is 0.143. The van der Waals surface area contributed by atoms with Gasteiger partial charge in [0, 0.05) is 21.8 Å². The largest absolute Gasteiger partial charge is 0.310 e. The molecule has 1 aromatic carbocycles. The first kappa shape index (κ1) is 13.5. The second-order valence-electron chi connectivity index (χ2n) is 4.16. The van der Waals surface area contributed by atoms with Crippen LogP contribution in [0.25, 0.3) is 0 Å². The number of aryl methyl sites for hydroxylation is 1. The molecule has 0 N–H and O–H groups in total. The zero-order chi connectivity index (χ0) is 14.0. The van der Waals surface area contributed by atoms with Crippen LogP contribution in [-0.4, -0.2) is 4.57 Å². The zero-order valence-electron chi connectivity index (χ0n) is 10.2. The Bertz CT molecular complexity index is 731. The molecule has 0 saturated carbocycles. The van der Waals surface area contributed by atoms with E-state index >= 15 is 0 Å². The van der Waals surface area contributed by atoms with Crippen molar-refractivity contribution in [1.29, 1.82) is 5.26 Å². The van der Waals surface area contributed by atoms with E-state index in [0.717, 1.165) is 4.47 Å². The molecule has 0 spiro atoms.